The molecule has 0 fully saturated rings. The molecule has 1 aromatic carbocycles. The van der Waals surface area contributed by atoms with Crippen LogP contribution in [0.2, 0.25) is 0 Å². The first kappa shape index (κ1) is 23.0. The highest BCUT2D eigenvalue weighted by Gasteiger charge is 2.26. The van der Waals surface area contributed by atoms with Gasteiger partial charge in [-0.25, -0.2) is 4.98 Å². The largest absolute Gasteiger partial charge is 0.383 e. The van der Waals surface area contributed by atoms with Gasteiger partial charge in [0.05, 0.1) is 23.8 Å². The third-order valence-corrected chi connectivity index (χ3v) is 8.10. The summed E-state index contributed by atoms with van der Waals surface area (Å²) in [4.78, 5) is 35.6. The highest BCUT2D eigenvalue weighted by molar-refractivity contribution is 8.00. The number of fused-ring (bicyclic) bond motifs is 3. The molecule has 0 N–H and O–H groups in total. The summed E-state index contributed by atoms with van der Waals surface area (Å²) in [5.74, 6) is 0.00168. The standard InChI is InChI=1S/C24H29N3O3S2/c1-4-26(17-10-6-5-7-11-17)22(28)16(2)31-24-25-21-20(23(29)27(24)14-15-30-3)18-12-8-9-13-19(18)32-21/h5-7,10-11,16H,4,8-9,12-15H2,1-3H3/t16-/m1/s1. The number of hydrogen-bond donors (Lipinski definition) is 0. The predicted molar refractivity (Wildman–Crippen MR) is 132 cm³/mol. The average molecular weight is 472 g/mol. The van der Waals surface area contributed by atoms with E-state index in [2.05, 4.69) is 0 Å². The fourth-order valence-corrected chi connectivity index (χ4v) is 6.49. The number of rotatable bonds is 8. The second-order valence-corrected chi connectivity index (χ2v) is 10.3. The number of thiophene rings is 1. The summed E-state index contributed by atoms with van der Waals surface area (Å²) < 4.78 is 6.95. The molecule has 0 saturated carbocycles. The van der Waals surface area contributed by atoms with Crippen molar-refractivity contribution in [3.8, 4) is 0 Å². The molecule has 0 unspecified atom stereocenters. The highest BCUT2D eigenvalue weighted by Crippen LogP contribution is 2.35. The lowest BCUT2D eigenvalue weighted by Crippen LogP contribution is -2.37. The number of para-hydroxylation sites is 1. The first-order valence-electron chi connectivity index (χ1n) is 11.1. The monoisotopic (exact) mass is 471 g/mol. The summed E-state index contributed by atoms with van der Waals surface area (Å²) in [7, 11) is 1.63. The summed E-state index contributed by atoms with van der Waals surface area (Å²) in [6, 6.07) is 9.68. The van der Waals surface area contributed by atoms with Crippen LogP contribution in [0.15, 0.2) is 40.3 Å². The predicted octanol–water partition coefficient (Wildman–Crippen LogP) is 4.52. The van der Waals surface area contributed by atoms with Crippen molar-refractivity contribution in [1.29, 1.82) is 0 Å². The van der Waals surface area contributed by atoms with Crippen molar-refractivity contribution in [3.05, 3.63) is 51.1 Å². The number of aryl methyl sites for hydroxylation is 2. The lowest BCUT2D eigenvalue weighted by Gasteiger charge is -2.24. The fourth-order valence-electron chi connectivity index (χ4n) is 4.19. The minimum Gasteiger partial charge on any atom is -0.383 e. The van der Waals surface area contributed by atoms with E-state index in [1.807, 2.05) is 44.2 Å². The molecule has 8 heteroatoms. The number of benzene rings is 1. The van der Waals surface area contributed by atoms with E-state index in [9.17, 15) is 9.59 Å². The van der Waals surface area contributed by atoms with E-state index in [4.69, 9.17) is 9.72 Å². The third-order valence-electron chi connectivity index (χ3n) is 5.84. The van der Waals surface area contributed by atoms with Gasteiger partial charge in [-0.15, -0.1) is 11.3 Å². The molecule has 1 aliphatic carbocycles. The van der Waals surface area contributed by atoms with Crippen molar-refractivity contribution in [2.75, 3.05) is 25.2 Å². The topological polar surface area (TPSA) is 64.4 Å². The minimum absolute atomic E-state index is 0.00168. The van der Waals surface area contributed by atoms with Gasteiger partial charge in [0.15, 0.2) is 5.16 Å². The number of carbonyl (C=O) groups excluding carboxylic acids is 1. The molecule has 1 aliphatic rings. The Morgan fingerprint density at radius 3 is 2.75 bits per heavy atom. The molecule has 0 saturated heterocycles. The van der Waals surface area contributed by atoms with E-state index in [0.717, 1.165) is 41.6 Å². The number of ether oxygens (including phenoxy) is 1. The Balaban J connectivity index is 1.69. The van der Waals surface area contributed by atoms with Gasteiger partial charge in [0.25, 0.3) is 5.56 Å². The van der Waals surface area contributed by atoms with Crippen LogP contribution in [0.3, 0.4) is 0 Å². The van der Waals surface area contributed by atoms with E-state index >= 15 is 0 Å². The third kappa shape index (κ3) is 4.49. The van der Waals surface area contributed by atoms with E-state index in [1.165, 1.54) is 22.2 Å². The average Bonchev–Trinajstić information content (AvgIpc) is 3.18. The van der Waals surface area contributed by atoms with Crippen LogP contribution in [0.1, 0.15) is 37.1 Å². The second kappa shape index (κ2) is 10.2. The molecular formula is C24H29N3O3S2. The number of thioether (sulfide) groups is 1. The first-order valence-corrected chi connectivity index (χ1v) is 12.8. The van der Waals surface area contributed by atoms with Crippen molar-refractivity contribution >= 4 is 44.9 Å². The zero-order valence-electron chi connectivity index (χ0n) is 18.8. The maximum absolute atomic E-state index is 13.5. The van der Waals surface area contributed by atoms with Crippen LogP contribution in [-0.4, -0.2) is 41.0 Å². The summed E-state index contributed by atoms with van der Waals surface area (Å²) in [5.41, 5.74) is 2.05. The SMILES string of the molecule is CCN(C(=O)[C@@H](C)Sc1nc2sc3c(c2c(=O)n1CCOC)CCCC3)c1ccccc1. The lowest BCUT2D eigenvalue weighted by molar-refractivity contribution is -0.117. The van der Waals surface area contributed by atoms with Gasteiger partial charge in [-0.3, -0.25) is 14.2 Å². The minimum atomic E-state index is -0.386. The summed E-state index contributed by atoms with van der Waals surface area (Å²) in [6.07, 6.45) is 4.25. The molecule has 1 atom stereocenters. The maximum atomic E-state index is 13.5. The number of hydrogen-bond acceptors (Lipinski definition) is 6. The number of carbonyl (C=O) groups is 1. The molecule has 4 rings (SSSR count). The Hall–Kier alpha value is -2.16. The van der Waals surface area contributed by atoms with Crippen LogP contribution in [0, 0.1) is 0 Å². The molecule has 2 heterocycles. The molecule has 6 nitrogen and oxygen atoms in total. The second-order valence-electron chi connectivity index (χ2n) is 7.91. The van der Waals surface area contributed by atoms with Crippen molar-refractivity contribution in [2.24, 2.45) is 0 Å². The Kier molecular flexibility index (Phi) is 7.33. The smallest absolute Gasteiger partial charge is 0.263 e. The summed E-state index contributed by atoms with van der Waals surface area (Å²) in [6.45, 7) is 5.27. The van der Waals surface area contributed by atoms with Crippen LogP contribution < -0.4 is 10.5 Å². The zero-order valence-corrected chi connectivity index (χ0v) is 20.4. The van der Waals surface area contributed by atoms with Gasteiger partial charge >= 0.3 is 0 Å². The molecule has 0 bridgehead atoms. The molecule has 170 valence electrons. The molecule has 32 heavy (non-hydrogen) atoms. The van der Waals surface area contributed by atoms with Gasteiger partial charge in [0.2, 0.25) is 5.91 Å². The van der Waals surface area contributed by atoms with Crippen LogP contribution in [0.4, 0.5) is 5.69 Å². The van der Waals surface area contributed by atoms with Crippen LogP contribution >= 0.6 is 23.1 Å². The first-order chi connectivity index (χ1) is 15.5. The number of nitrogens with zero attached hydrogens (tertiary/aromatic N) is 3. The van der Waals surface area contributed by atoms with E-state index in [0.29, 0.717) is 24.9 Å². The number of aromatic nitrogens is 2. The number of anilines is 1. The molecule has 0 radical (unpaired) electrons. The highest BCUT2D eigenvalue weighted by atomic mass is 32.2. The van der Waals surface area contributed by atoms with Crippen molar-refractivity contribution in [2.45, 2.75) is 56.5 Å². The molecule has 0 aliphatic heterocycles. The van der Waals surface area contributed by atoms with Crippen molar-refractivity contribution in [3.63, 3.8) is 0 Å². The van der Waals surface area contributed by atoms with Gasteiger partial charge in [-0.1, -0.05) is 30.0 Å². The maximum Gasteiger partial charge on any atom is 0.263 e. The molecule has 1 amide bonds. The van der Waals surface area contributed by atoms with E-state index in [1.54, 1.807) is 27.9 Å². The molecular weight excluding hydrogens is 442 g/mol. The fraction of sp³-hybridized carbons (Fsp3) is 0.458. The number of amides is 1. The van der Waals surface area contributed by atoms with Gasteiger partial charge < -0.3 is 9.64 Å². The van der Waals surface area contributed by atoms with Gasteiger partial charge in [-0.2, -0.15) is 0 Å². The Morgan fingerprint density at radius 1 is 1.28 bits per heavy atom. The van der Waals surface area contributed by atoms with Crippen LogP contribution in [0.5, 0.6) is 0 Å². The zero-order chi connectivity index (χ0) is 22.7. The molecule has 3 aromatic rings. The molecule has 0 spiro atoms. The van der Waals surface area contributed by atoms with Gasteiger partial charge in [0.1, 0.15) is 4.83 Å². The van der Waals surface area contributed by atoms with Crippen LogP contribution in [0.25, 0.3) is 10.2 Å². The normalized spacial score (nSPS) is 14.3. The van der Waals surface area contributed by atoms with E-state index in [-0.39, 0.29) is 16.7 Å². The van der Waals surface area contributed by atoms with Gasteiger partial charge in [-0.05, 0) is 57.2 Å². The number of methoxy groups -OCH3 is 1. The quantitative estimate of drug-likeness (QED) is 0.357. The molecule has 2 aromatic heterocycles. The Morgan fingerprint density at radius 2 is 2.03 bits per heavy atom. The van der Waals surface area contributed by atoms with Crippen molar-refractivity contribution in [1.82, 2.24) is 9.55 Å². The Labute approximate surface area is 196 Å². The van der Waals surface area contributed by atoms with Crippen molar-refractivity contribution < 1.29 is 9.53 Å². The lowest BCUT2D eigenvalue weighted by atomic mass is 9.97. The van der Waals surface area contributed by atoms with Gasteiger partial charge in [0, 0.05) is 24.2 Å². The summed E-state index contributed by atoms with van der Waals surface area (Å²) in [5, 5.41) is 0.967. The van der Waals surface area contributed by atoms with E-state index < -0.39 is 0 Å². The Bertz CT molecular complexity index is 1160. The summed E-state index contributed by atoms with van der Waals surface area (Å²) >= 11 is 2.99. The van der Waals surface area contributed by atoms with Crippen LogP contribution in [-0.2, 0) is 28.9 Å².